The molecule has 3 N–H and O–H groups in total. The van der Waals surface area contributed by atoms with Crippen molar-refractivity contribution in [1.82, 2.24) is 9.62 Å². The molecule has 15 heteroatoms. The van der Waals surface area contributed by atoms with Crippen LogP contribution in [-0.4, -0.2) is 101 Å². The number of carbonyl (C=O) groups excluding carboxylic acids is 1. The van der Waals surface area contributed by atoms with Gasteiger partial charge in [0.05, 0.1) is 43.5 Å². The molecule has 1 fully saturated rings. The maximum absolute atomic E-state index is 13.6. The molecule has 216 valence electrons. The van der Waals surface area contributed by atoms with Gasteiger partial charge in [-0.25, -0.2) is 13.2 Å². The van der Waals surface area contributed by atoms with Crippen LogP contribution in [0, 0.1) is 5.92 Å². The van der Waals surface area contributed by atoms with Crippen molar-refractivity contribution in [2.75, 3.05) is 31.9 Å². The van der Waals surface area contributed by atoms with Gasteiger partial charge in [-0.2, -0.15) is 4.31 Å². The van der Waals surface area contributed by atoms with Crippen LogP contribution in [-0.2, 0) is 35.0 Å². The maximum atomic E-state index is 13.6. The molecule has 0 aromatic heterocycles. The zero-order valence-corrected chi connectivity index (χ0v) is 26.0. The molecule has 1 saturated heterocycles. The molecule has 1 unspecified atom stereocenters. The van der Waals surface area contributed by atoms with Crippen molar-refractivity contribution in [3.05, 3.63) is 60.2 Å². The zero-order chi connectivity index (χ0) is 32.2. The Balaban J connectivity index is 0.00000675. The number of anilines is 1. The molecule has 12 nitrogen and oxygen atoms in total. The Kier molecular flexibility index (Phi) is 11.4. The van der Waals surface area contributed by atoms with Crippen molar-refractivity contribution in [2.45, 2.75) is 49.8 Å². The Labute approximate surface area is 270 Å². The Morgan fingerprint density at radius 3 is 2.40 bits per heavy atom. The van der Waals surface area contributed by atoms with Crippen molar-refractivity contribution in [1.29, 1.82) is 0 Å². The van der Waals surface area contributed by atoms with Gasteiger partial charge in [-0.15, -0.1) is 0 Å². The van der Waals surface area contributed by atoms with Crippen LogP contribution in [0.15, 0.2) is 59.5 Å². The predicted octanol–water partition coefficient (Wildman–Crippen LogP) is 0.875. The minimum absolute atomic E-state index is 0. The summed E-state index contributed by atoms with van der Waals surface area (Å²) in [5, 5.41) is 2.37. The van der Waals surface area contributed by atoms with Crippen LogP contribution in [0.4, 0.5) is 10.5 Å². The largest absolute Gasteiger partial charge is 2.00 e. The molecule has 1 amide bonds. The quantitative estimate of drug-likeness (QED) is 0.184. The first-order chi connectivity index (χ1) is 19.8. The molecule has 1 heterocycles. The molecular weight excluding hydrogens is 589 g/mol. The fraction of sp³-hybridized carbons (Fsp3) is 0.480. The second kappa shape index (κ2) is 15.8. The first-order valence-corrected chi connectivity index (χ1v) is 14.9. The van der Waals surface area contributed by atoms with E-state index in [2.05, 4.69) is 10.1 Å². The number of nitrogens with zero attached hydrogens (tertiary/aromatic N) is 1. The number of hydrogen-bond donors (Lipinski definition) is 2. The molecule has 3 atom stereocenters. The van der Waals surface area contributed by atoms with E-state index in [1.165, 1.54) is 24.3 Å². The second-order valence-electron chi connectivity index (χ2n) is 9.28. The summed E-state index contributed by atoms with van der Waals surface area (Å²) in [5.41, 5.74) is 6.55. The molecule has 0 spiro atoms. The third-order valence-corrected chi connectivity index (χ3v) is 7.94. The fourth-order valence-electron chi connectivity index (χ4n) is 3.86. The number of sulfonamides is 1. The van der Waals surface area contributed by atoms with Crippen LogP contribution in [0.3, 0.4) is 0 Å². The van der Waals surface area contributed by atoms with Crippen LogP contribution < -0.4 is 20.8 Å². The number of hydrogen-bond acceptors (Lipinski definition) is 10. The summed E-state index contributed by atoms with van der Waals surface area (Å²) in [6.45, 7) is -2.46. The van der Waals surface area contributed by atoms with E-state index in [0.717, 1.165) is 4.31 Å². The summed E-state index contributed by atoms with van der Waals surface area (Å²) < 4.78 is 85.8. The average molecular weight is 628 g/mol. The number of rotatable bonds is 13. The average Bonchev–Trinajstić information content (AvgIpc) is 3.07. The molecular formula is C25H34CaN3O9PS. The van der Waals surface area contributed by atoms with Gasteiger partial charge in [0.1, 0.15) is 6.10 Å². The number of ether oxygens (including phenoxy) is 2. The Morgan fingerprint density at radius 1 is 1.20 bits per heavy atom. The summed E-state index contributed by atoms with van der Waals surface area (Å²) in [7, 11) is -10.1. The van der Waals surface area contributed by atoms with Crippen molar-refractivity contribution in [3.8, 4) is 0 Å². The normalized spacial score (nSPS) is 21.3. The molecule has 0 radical (unpaired) electrons. The van der Waals surface area contributed by atoms with Crippen molar-refractivity contribution < 1.29 is 47.0 Å². The third kappa shape index (κ3) is 11.2. The second-order valence-corrected chi connectivity index (χ2v) is 12.3. The molecule has 2 aromatic rings. The predicted molar refractivity (Wildman–Crippen MR) is 145 cm³/mol. The third-order valence-electron chi connectivity index (χ3n) is 5.57. The number of phosphoric acid groups is 1. The van der Waals surface area contributed by atoms with Gasteiger partial charge >= 0.3 is 43.8 Å². The minimum Gasteiger partial charge on any atom is -0.790 e. The van der Waals surface area contributed by atoms with Gasteiger partial charge in [0, 0.05) is 25.2 Å². The Hall–Kier alpha value is -1.25. The maximum Gasteiger partial charge on any atom is 2.00 e. The van der Waals surface area contributed by atoms with Crippen LogP contribution >= 0.6 is 7.82 Å². The number of nitrogen functional groups attached to an aromatic ring is 1. The number of nitrogens with one attached hydrogen (secondary N) is 1. The number of alkyl carbamates (subject to hydrolysis) is 1. The SMILES string of the molecule is [2H]C1([2H])CC(OC(=O)N[C@@H](Cc2ccccc2)[C@@H](CN(CC(C)C)S(=O)(=O)c2ccc(N)cc2)OP(=O)([O-])[O-])C([2H])([2H])O1.[Ca+2]. The van der Waals surface area contributed by atoms with Crippen LogP contribution in [0.1, 0.15) is 31.3 Å². The van der Waals surface area contributed by atoms with Crippen molar-refractivity contribution >= 4 is 67.4 Å². The van der Waals surface area contributed by atoms with Crippen LogP contribution in [0.2, 0.25) is 0 Å². The van der Waals surface area contributed by atoms with Gasteiger partial charge in [-0.1, -0.05) is 44.2 Å². The van der Waals surface area contributed by atoms with E-state index in [9.17, 15) is 27.6 Å². The van der Waals surface area contributed by atoms with Crippen LogP contribution in [0.25, 0.3) is 0 Å². The van der Waals surface area contributed by atoms with Gasteiger partial charge in [-0.05, 0) is 42.2 Å². The Bertz CT molecular complexity index is 1400. The van der Waals surface area contributed by atoms with Gasteiger partial charge in [0.2, 0.25) is 10.0 Å². The zero-order valence-electron chi connectivity index (χ0n) is 26.1. The van der Waals surface area contributed by atoms with Crippen molar-refractivity contribution in [2.24, 2.45) is 5.92 Å². The summed E-state index contributed by atoms with van der Waals surface area (Å²) in [4.78, 5) is 36.6. The molecule has 2 aromatic carbocycles. The van der Waals surface area contributed by atoms with Crippen molar-refractivity contribution in [3.63, 3.8) is 0 Å². The first-order valence-electron chi connectivity index (χ1n) is 14.0. The number of benzene rings is 2. The monoisotopic (exact) mass is 627 g/mol. The van der Waals surface area contributed by atoms with E-state index in [0.29, 0.717) is 11.3 Å². The smallest absolute Gasteiger partial charge is 0.790 e. The topological polar surface area (TPSA) is 183 Å². The van der Waals surface area contributed by atoms with Gasteiger partial charge < -0.3 is 39.4 Å². The van der Waals surface area contributed by atoms with E-state index < -0.39 is 68.3 Å². The summed E-state index contributed by atoms with van der Waals surface area (Å²) in [6, 6.07) is 12.2. The van der Waals surface area contributed by atoms with E-state index in [1.54, 1.807) is 44.2 Å². The molecule has 0 saturated carbocycles. The van der Waals surface area contributed by atoms with E-state index in [4.69, 9.17) is 20.5 Å². The summed E-state index contributed by atoms with van der Waals surface area (Å²) in [6.07, 6.45) is -5.53. The summed E-state index contributed by atoms with van der Waals surface area (Å²) in [5.74, 6) is -0.263. The fourth-order valence-corrected chi connectivity index (χ4v) is 6.02. The molecule has 40 heavy (non-hydrogen) atoms. The van der Waals surface area contributed by atoms with Crippen LogP contribution in [0.5, 0.6) is 0 Å². The molecule has 3 rings (SSSR count). The van der Waals surface area contributed by atoms with Gasteiger partial charge in [-0.3, -0.25) is 0 Å². The standard InChI is InChI=1S/C25H36N3O9PS.Ca/c1-18(2)15-28(39(33,34)22-10-8-20(26)9-11-22)16-24(37-38(30,31)32)23(14-19-6-4-3-5-7-19)27-25(29)36-21-12-13-35-17-21;/h3-11,18,21,23-24H,12-17,26H2,1-2H3,(H,27,29)(H2,30,31,32);/q;+2/p-2/t21?,23-,24+;/m0./s1/i13D2,17D2;. The number of amides is 1. The number of nitrogens with two attached hydrogens (primary N) is 1. The summed E-state index contributed by atoms with van der Waals surface area (Å²) >= 11 is 0. The first kappa shape index (κ1) is 28.8. The molecule has 1 aliphatic rings. The number of carbonyl (C=O) groups is 1. The van der Waals surface area contributed by atoms with E-state index in [1.807, 2.05) is 0 Å². The van der Waals surface area contributed by atoms with Gasteiger partial charge in [0.15, 0.2) is 0 Å². The molecule has 0 aliphatic carbocycles. The van der Waals surface area contributed by atoms with E-state index in [-0.39, 0.29) is 61.5 Å². The minimum atomic E-state index is -5.77. The molecule has 0 bridgehead atoms. The van der Waals surface area contributed by atoms with E-state index >= 15 is 0 Å². The Morgan fingerprint density at radius 2 is 1.85 bits per heavy atom. The number of phosphoric ester groups is 1. The van der Waals surface area contributed by atoms with Gasteiger partial charge in [0.25, 0.3) is 0 Å². The molecule has 1 aliphatic heterocycles.